The molecule has 1 fully saturated rings. The van der Waals surface area contributed by atoms with E-state index in [1.807, 2.05) is 11.8 Å². The summed E-state index contributed by atoms with van der Waals surface area (Å²) in [4.78, 5) is 13.5. The molecule has 0 radical (unpaired) electrons. The molecule has 1 rings (SSSR count). The second-order valence-electron chi connectivity index (χ2n) is 3.53. The summed E-state index contributed by atoms with van der Waals surface area (Å²) in [7, 11) is 0. The van der Waals surface area contributed by atoms with Gasteiger partial charge in [-0.3, -0.25) is 4.79 Å². The Morgan fingerprint density at radius 1 is 1.57 bits per heavy atom. The summed E-state index contributed by atoms with van der Waals surface area (Å²) >= 11 is 0. The highest BCUT2D eigenvalue weighted by Gasteiger charge is 2.20. The van der Waals surface area contributed by atoms with E-state index in [9.17, 15) is 4.79 Å². The fourth-order valence-corrected chi connectivity index (χ4v) is 1.68. The van der Waals surface area contributed by atoms with Gasteiger partial charge in [0.15, 0.2) is 0 Å². The van der Waals surface area contributed by atoms with Crippen molar-refractivity contribution in [1.29, 1.82) is 5.26 Å². The maximum Gasteiger partial charge on any atom is 0.225 e. The molecule has 1 atom stereocenters. The molecule has 0 aromatic carbocycles. The molecule has 1 unspecified atom stereocenters. The molecule has 78 valence electrons. The Labute approximate surface area is 84.9 Å². The van der Waals surface area contributed by atoms with Gasteiger partial charge in [0.25, 0.3) is 0 Å². The van der Waals surface area contributed by atoms with Crippen molar-refractivity contribution < 1.29 is 4.79 Å². The molecule has 4 nitrogen and oxygen atoms in total. The van der Waals surface area contributed by atoms with Gasteiger partial charge in [-0.25, -0.2) is 0 Å². The van der Waals surface area contributed by atoms with Crippen LogP contribution in [0.5, 0.6) is 0 Å². The van der Waals surface area contributed by atoms with Crippen LogP contribution >= 0.6 is 0 Å². The topological polar surface area (TPSA) is 56.1 Å². The third-order valence-corrected chi connectivity index (χ3v) is 2.44. The SMILES string of the molecule is CCNC(C#N)CC(=O)N1CCCC1. The van der Waals surface area contributed by atoms with Crippen LogP contribution in [0.15, 0.2) is 0 Å². The lowest BCUT2D eigenvalue weighted by molar-refractivity contribution is -0.130. The van der Waals surface area contributed by atoms with Crippen molar-refractivity contribution in [2.75, 3.05) is 19.6 Å². The van der Waals surface area contributed by atoms with Crippen molar-refractivity contribution in [2.45, 2.75) is 32.2 Å². The van der Waals surface area contributed by atoms with Crippen LogP contribution in [-0.4, -0.2) is 36.5 Å². The Morgan fingerprint density at radius 2 is 2.21 bits per heavy atom. The van der Waals surface area contributed by atoms with Crippen LogP contribution in [0.4, 0.5) is 0 Å². The molecule has 0 spiro atoms. The largest absolute Gasteiger partial charge is 0.343 e. The Morgan fingerprint density at radius 3 is 2.71 bits per heavy atom. The van der Waals surface area contributed by atoms with E-state index >= 15 is 0 Å². The van der Waals surface area contributed by atoms with Crippen LogP contribution < -0.4 is 5.32 Å². The lowest BCUT2D eigenvalue weighted by Gasteiger charge is -2.17. The molecule has 0 aromatic heterocycles. The molecule has 0 aliphatic carbocycles. The van der Waals surface area contributed by atoms with E-state index in [-0.39, 0.29) is 11.9 Å². The summed E-state index contributed by atoms with van der Waals surface area (Å²) < 4.78 is 0. The van der Waals surface area contributed by atoms with Gasteiger partial charge in [0.2, 0.25) is 5.91 Å². The molecule has 1 aliphatic heterocycles. The summed E-state index contributed by atoms with van der Waals surface area (Å²) in [6.45, 7) is 4.39. The average Bonchev–Trinajstić information content (AvgIpc) is 2.69. The molecule has 0 aromatic rings. The zero-order chi connectivity index (χ0) is 10.4. The number of rotatable bonds is 4. The van der Waals surface area contributed by atoms with E-state index in [2.05, 4.69) is 11.4 Å². The minimum atomic E-state index is -0.326. The molecule has 4 heteroatoms. The highest BCUT2D eigenvalue weighted by molar-refractivity contribution is 5.77. The highest BCUT2D eigenvalue weighted by atomic mass is 16.2. The van der Waals surface area contributed by atoms with E-state index in [0.29, 0.717) is 6.42 Å². The Balaban J connectivity index is 2.34. The molecular formula is C10H17N3O. The quantitative estimate of drug-likeness (QED) is 0.710. The van der Waals surface area contributed by atoms with Gasteiger partial charge < -0.3 is 10.2 Å². The third-order valence-electron chi connectivity index (χ3n) is 2.44. The first-order chi connectivity index (χ1) is 6.77. The van der Waals surface area contributed by atoms with Crippen molar-refractivity contribution in [3.63, 3.8) is 0 Å². The summed E-state index contributed by atoms with van der Waals surface area (Å²) in [6, 6.07) is 1.77. The van der Waals surface area contributed by atoms with E-state index in [1.165, 1.54) is 0 Å². The maximum absolute atomic E-state index is 11.6. The maximum atomic E-state index is 11.6. The Hall–Kier alpha value is -1.08. The van der Waals surface area contributed by atoms with Crippen LogP contribution in [-0.2, 0) is 4.79 Å². The van der Waals surface area contributed by atoms with Gasteiger partial charge in [0.05, 0.1) is 12.5 Å². The number of nitrogens with zero attached hydrogens (tertiary/aromatic N) is 2. The van der Waals surface area contributed by atoms with E-state index in [0.717, 1.165) is 32.5 Å². The number of likely N-dealkylation sites (tertiary alicyclic amines) is 1. The molecule has 1 saturated heterocycles. The molecular weight excluding hydrogens is 178 g/mol. The first kappa shape index (κ1) is 11.0. The standard InChI is InChI=1S/C10H17N3O/c1-2-12-9(8-11)7-10(14)13-5-3-4-6-13/h9,12H,2-7H2,1H3. The monoisotopic (exact) mass is 195 g/mol. The molecule has 1 N–H and O–H groups in total. The minimum Gasteiger partial charge on any atom is -0.343 e. The van der Waals surface area contributed by atoms with Crippen LogP contribution in [0.3, 0.4) is 0 Å². The van der Waals surface area contributed by atoms with Gasteiger partial charge in [-0.1, -0.05) is 6.92 Å². The number of amides is 1. The average molecular weight is 195 g/mol. The van der Waals surface area contributed by atoms with Crippen LogP contribution in [0.2, 0.25) is 0 Å². The lowest BCUT2D eigenvalue weighted by atomic mass is 10.2. The zero-order valence-electron chi connectivity index (χ0n) is 8.62. The number of hydrogen-bond acceptors (Lipinski definition) is 3. The molecule has 14 heavy (non-hydrogen) atoms. The Bertz CT molecular complexity index is 228. The van der Waals surface area contributed by atoms with Gasteiger partial charge in [-0.15, -0.1) is 0 Å². The minimum absolute atomic E-state index is 0.106. The second kappa shape index (κ2) is 5.61. The molecule has 1 amide bonds. The molecule has 1 aliphatic rings. The second-order valence-corrected chi connectivity index (χ2v) is 3.53. The summed E-state index contributed by atoms with van der Waals surface area (Å²) in [5.41, 5.74) is 0. The van der Waals surface area contributed by atoms with E-state index in [4.69, 9.17) is 5.26 Å². The van der Waals surface area contributed by atoms with Gasteiger partial charge in [0, 0.05) is 13.1 Å². The molecule has 1 heterocycles. The lowest BCUT2D eigenvalue weighted by Crippen LogP contribution is -2.36. The summed E-state index contributed by atoms with van der Waals surface area (Å²) in [5, 5.41) is 11.7. The summed E-state index contributed by atoms with van der Waals surface area (Å²) in [6.07, 6.45) is 2.51. The first-order valence-corrected chi connectivity index (χ1v) is 5.18. The van der Waals surface area contributed by atoms with Gasteiger partial charge in [-0.2, -0.15) is 5.26 Å². The highest BCUT2D eigenvalue weighted by Crippen LogP contribution is 2.09. The van der Waals surface area contributed by atoms with Gasteiger partial charge >= 0.3 is 0 Å². The number of carbonyl (C=O) groups excluding carboxylic acids is 1. The van der Waals surface area contributed by atoms with Crippen molar-refractivity contribution in [3.05, 3.63) is 0 Å². The van der Waals surface area contributed by atoms with Crippen LogP contribution in [0.1, 0.15) is 26.2 Å². The van der Waals surface area contributed by atoms with Crippen LogP contribution in [0.25, 0.3) is 0 Å². The number of nitrogens with one attached hydrogen (secondary N) is 1. The number of hydrogen-bond donors (Lipinski definition) is 1. The summed E-state index contributed by atoms with van der Waals surface area (Å²) in [5.74, 6) is 0.106. The fraction of sp³-hybridized carbons (Fsp3) is 0.800. The molecule has 0 saturated carbocycles. The number of carbonyl (C=O) groups is 1. The van der Waals surface area contributed by atoms with Crippen LogP contribution in [0, 0.1) is 11.3 Å². The van der Waals surface area contributed by atoms with Crippen molar-refractivity contribution >= 4 is 5.91 Å². The van der Waals surface area contributed by atoms with Crippen molar-refractivity contribution in [3.8, 4) is 6.07 Å². The number of nitriles is 1. The van der Waals surface area contributed by atoms with E-state index < -0.39 is 0 Å². The first-order valence-electron chi connectivity index (χ1n) is 5.18. The van der Waals surface area contributed by atoms with Gasteiger partial charge in [-0.05, 0) is 19.4 Å². The van der Waals surface area contributed by atoms with Gasteiger partial charge in [0.1, 0.15) is 6.04 Å². The van der Waals surface area contributed by atoms with E-state index in [1.54, 1.807) is 0 Å². The zero-order valence-corrected chi connectivity index (χ0v) is 8.62. The van der Waals surface area contributed by atoms with Crippen molar-refractivity contribution in [2.24, 2.45) is 0 Å². The predicted octanol–water partition coefficient (Wildman–Crippen LogP) is 0.501. The predicted molar refractivity (Wildman–Crippen MR) is 53.5 cm³/mol. The Kier molecular flexibility index (Phi) is 4.41. The smallest absolute Gasteiger partial charge is 0.225 e. The normalized spacial score (nSPS) is 17.9. The van der Waals surface area contributed by atoms with Crippen molar-refractivity contribution in [1.82, 2.24) is 10.2 Å². The third kappa shape index (κ3) is 3.00. The molecule has 0 bridgehead atoms. The fourth-order valence-electron chi connectivity index (χ4n) is 1.68.